The van der Waals surface area contributed by atoms with Crippen LogP contribution in [0.25, 0.3) is 0 Å². The molecule has 8 nitrogen and oxygen atoms in total. The van der Waals surface area contributed by atoms with Gasteiger partial charge < -0.3 is 16.4 Å². The SMILES string of the molecule is CC1CCC(NS(=O)(=O)CC(=O)Nc2ccccc2C(=O)NCCN)CC1.Cl. The first-order chi connectivity index (χ1) is 12.8. The van der Waals surface area contributed by atoms with Crippen LogP contribution in [0.3, 0.4) is 0 Å². The van der Waals surface area contributed by atoms with Crippen LogP contribution in [0.5, 0.6) is 0 Å². The van der Waals surface area contributed by atoms with Gasteiger partial charge in [0.05, 0.1) is 11.3 Å². The molecule has 158 valence electrons. The molecule has 1 fully saturated rings. The third-order valence-electron chi connectivity index (χ3n) is 4.56. The number of sulfonamides is 1. The van der Waals surface area contributed by atoms with Crippen LogP contribution in [0, 0.1) is 5.92 Å². The van der Waals surface area contributed by atoms with Crippen LogP contribution in [-0.4, -0.2) is 45.1 Å². The number of carbonyl (C=O) groups excluding carboxylic acids is 2. The molecular weight excluding hydrogens is 404 g/mol. The molecule has 1 aliphatic rings. The molecule has 0 unspecified atom stereocenters. The van der Waals surface area contributed by atoms with Gasteiger partial charge in [-0.2, -0.15) is 0 Å². The van der Waals surface area contributed by atoms with Crippen LogP contribution in [0.15, 0.2) is 24.3 Å². The highest BCUT2D eigenvalue weighted by Crippen LogP contribution is 2.24. The van der Waals surface area contributed by atoms with E-state index in [9.17, 15) is 18.0 Å². The fourth-order valence-electron chi connectivity index (χ4n) is 3.10. The normalized spacial score (nSPS) is 19.4. The van der Waals surface area contributed by atoms with E-state index in [1.807, 2.05) is 0 Å². The van der Waals surface area contributed by atoms with Crippen molar-refractivity contribution in [3.05, 3.63) is 29.8 Å². The van der Waals surface area contributed by atoms with Crippen molar-refractivity contribution in [3.8, 4) is 0 Å². The monoisotopic (exact) mass is 432 g/mol. The predicted octanol–water partition coefficient (Wildman–Crippen LogP) is 1.23. The van der Waals surface area contributed by atoms with E-state index in [-0.39, 0.29) is 35.6 Å². The van der Waals surface area contributed by atoms with Gasteiger partial charge >= 0.3 is 0 Å². The maximum absolute atomic E-state index is 12.3. The molecule has 2 rings (SSSR count). The Bertz CT molecular complexity index is 765. The minimum absolute atomic E-state index is 0. The Morgan fingerprint density at radius 1 is 1.14 bits per heavy atom. The van der Waals surface area contributed by atoms with Crippen molar-refractivity contribution in [2.45, 2.75) is 38.6 Å². The van der Waals surface area contributed by atoms with Crippen molar-refractivity contribution < 1.29 is 18.0 Å². The lowest BCUT2D eigenvalue weighted by molar-refractivity contribution is -0.113. The number of nitrogens with one attached hydrogen (secondary N) is 3. The van der Waals surface area contributed by atoms with E-state index in [1.54, 1.807) is 24.3 Å². The molecule has 0 spiro atoms. The second kappa shape index (κ2) is 11.4. The minimum atomic E-state index is -3.74. The molecule has 2 amide bonds. The van der Waals surface area contributed by atoms with Gasteiger partial charge in [0.25, 0.3) is 5.91 Å². The summed E-state index contributed by atoms with van der Waals surface area (Å²) in [7, 11) is -3.74. The van der Waals surface area contributed by atoms with Crippen LogP contribution in [0.2, 0.25) is 0 Å². The highest BCUT2D eigenvalue weighted by molar-refractivity contribution is 7.90. The van der Waals surface area contributed by atoms with Crippen LogP contribution in [0.4, 0.5) is 5.69 Å². The van der Waals surface area contributed by atoms with Crippen molar-refractivity contribution in [1.82, 2.24) is 10.0 Å². The lowest BCUT2D eigenvalue weighted by atomic mass is 9.88. The molecule has 1 aliphatic carbocycles. The molecule has 28 heavy (non-hydrogen) atoms. The predicted molar refractivity (Wildman–Crippen MR) is 112 cm³/mol. The number of hydrogen-bond donors (Lipinski definition) is 4. The van der Waals surface area contributed by atoms with Crippen LogP contribution in [-0.2, 0) is 14.8 Å². The second-order valence-corrected chi connectivity index (χ2v) is 8.73. The topological polar surface area (TPSA) is 130 Å². The summed E-state index contributed by atoms with van der Waals surface area (Å²) < 4.78 is 27.2. The van der Waals surface area contributed by atoms with Gasteiger partial charge in [0, 0.05) is 19.1 Å². The Kier molecular flexibility index (Phi) is 9.88. The number of para-hydroxylation sites is 1. The average molecular weight is 433 g/mol. The number of carbonyl (C=O) groups is 2. The molecule has 10 heteroatoms. The summed E-state index contributed by atoms with van der Waals surface area (Å²) in [5.74, 6) is -1.15. The maximum Gasteiger partial charge on any atom is 0.253 e. The standard InChI is InChI=1S/C18H28N4O4S.ClH/c1-13-6-8-14(9-7-13)22-27(25,26)12-17(23)21-16-5-3-2-4-15(16)18(24)20-11-10-19;/h2-5,13-14,22H,6-12,19H2,1H3,(H,20,24)(H,21,23);1H. The third-order valence-corrected chi connectivity index (χ3v) is 5.89. The van der Waals surface area contributed by atoms with Crippen molar-refractivity contribution in [3.63, 3.8) is 0 Å². The highest BCUT2D eigenvalue weighted by atomic mass is 35.5. The highest BCUT2D eigenvalue weighted by Gasteiger charge is 2.25. The van der Waals surface area contributed by atoms with E-state index in [4.69, 9.17) is 5.73 Å². The Hall–Kier alpha value is -1.68. The zero-order valence-corrected chi connectivity index (χ0v) is 17.6. The van der Waals surface area contributed by atoms with Crippen LogP contribution >= 0.6 is 12.4 Å². The third kappa shape index (κ3) is 7.75. The van der Waals surface area contributed by atoms with E-state index in [2.05, 4.69) is 22.3 Å². The largest absolute Gasteiger partial charge is 0.351 e. The molecule has 0 saturated heterocycles. The van der Waals surface area contributed by atoms with Gasteiger partial charge in [-0.3, -0.25) is 9.59 Å². The summed E-state index contributed by atoms with van der Waals surface area (Å²) in [6, 6.07) is 6.31. The van der Waals surface area contributed by atoms with Gasteiger partial charge in [-0.05, 0) is 43.7 Å². The summed E-state index contributed by atoms with van der Waals surface area (Å²) in [6.45, 7) is 2.75. The Morgan fingerprint density at radius 3 is 2.43 bits per heavy atom. The van der Waals surface area contributed by atoms with E-state index >= 15 is 0 Å². The average Bonchev–Trinajstić information content (AvgIpc) is 2.61. The summed E-state index contributed by atoms with van der Waals surface area (Å²) in [5, 5.41) is 5.14. The Morgan fingerprint density at radius 2 is 1.79 bits per heavy atom. The van der Waals surface area contributed by atoms with Gasteiger partial charge in [-0.25, -0.2) is 13.1 Å². The Balaban J connectivity index is 0.00000392. The van der Waals surface area contributed by atoms with Gasteiger partial charge in [0.15, 0.2) is 0 Å². The molecular formula is C18H29ClN4O4S. The number of nitrogens with two attached hydrogens (primary N) is 1. The van der Waals surface area contributed by atoms with Gasteiger partial charge in [0.1, 0.15) is 5.75 Å². The first kappa shape index (κ1) is 24.4. The number of hydrogen-bond acceptors (Lipinski definition) is 5. The van der Waals surface area contributed by atoms with Crippen LogP contribution < -0.4 is 21.1 Å². The Labute approximate surface area is 172 Å². The fourth-order valence-corrected chi connectivity index (χ4v) is 4.35. The smallest absolute Gasteiger partial charge is 0.253 e. The summed E-state index contributed by atoms with van der Waals surface area (Å²) in [4.78, 5) is 24.4. The first-order valence-corrected chi connectivity index (χ1v) is 10.8. The molecule has 1 aromatic carbocycles. The number of amides is 2. The summed E-state index contributed by atoms with van der Waals surface area (Å²) >= 11 is 0. The molecule has 0 atom stereocenters. The van der Waals surface area contributed by atoms with E-state index in [0.717, 1.165) is 25.7 Å². The summed E-state index contributed by atoms with van der Waals surface area (Å²) in [5.41, 5.74) is 5.89. The first-order valence-electron chi connectivity index (χ1n) is 9.18. The molecule has 0 heterocycles. The molecule has 0 aliphatic heterocycles. The molecule has 1 aromatic rings. The number of halogens is 1. The van der Waals surface area contributed by atoms with E-state index < -0.39 is 21.7 Å². The van der Waals surface area contributed by atoms with Crippen molar-refractivity contribution in [1.29, 1.82) is 0 Å². The number of benzene rings is 1. The molecule has 0 aromatic heterocycles. The fraction of sp³-hybridized carbons (Fsp3) is 0.556. The summed E-state index contributed by atoms with van der Waals surface area (Å²) in [6.07, 6.45) is 3.52. The van der Waals surface area contributed by atoms with Gasteiger partial charge in [0.2, 0.25) is 15.9 Å². The maximum atomic E-state index is 12.3. The molecule has 0 radical (unpaired) electrons. The molecule has 1 saturated carbocycles. The molecule has 0 bridgehead atoms. The van der Waals surface area contributed by atoms with E-state index in [1.165, 1.54) is 0 Å². The number of anilines is 1. The van der Waals surface area contributed by atoms with Gasteiger partial charge in [-0.15, -0.1) is 12.4 Å². The lowest BCUT2D eigenvalue weighted by Crippen LogP contribution is -2.41. The van der Waals surface area contributed by atoms with Gasteiger partial charge in [-0.1, -0.05) is 19.1 Å². The number of rotatable bonds is 8. The quantitative estimate of drug-likeness (QED) is 0.490. The lowest BCUT2D eigenvalue weighted by Gasteiger charge is -2.26. The molecule has 5 N–H and O–H groups in total. The van der Waals surface area contributed by atoms with Crippen molar-refractivity contribution in [2.75, 3.05) is 24.2 Å². The van der Waals surface area contributed by atoms with E-state index in [0.29, 0.717) is 19.0 Å². The minimum Gasteiger partial charge on any atom is -0.351 e. The van der Waals surface area contributed by atoms with Crippen molar-refractivity contribution >= 4 is 39.9 Å². The second-order valence-electron chi connectivity index (χ2n) is 6.97. The van der Waals surface area contributed by atoms with Crippen LogP contribution in [0.1, 0.15) is 43.0 Å². The van der Waals surface area contributed by atoms with Crippen molar-refractivity contribution in [2.24, 2.45) is 11.7 Å². The zero-order chi connectivity index (χ0) is 19.9. The zero-order valence-electron chi connectivity index (χ0n) is 15.9.